The van der Waals surface area contributed by atoms with E-state index >= 15 is 0 Å². The fourth-order valence-electron chi connectivity index (χ4n) is 3.88. The summed E-state index contributed by atoms with van der Waals surface area (Å²) in [5, 5.41) is 1.54. The summed E-state index contributed by atoms with van der Waals surface area (Å²) in [5.74, 6) is 0.852. The SMILES string of the molecule is Cn1c(Cc2ccccc2)nc2c(=O)n(-c3ccccc3)c3cc(Cl)ccc3c21. The minimum atomic E-state index is -0.143. The average molecular weight is 400 g/mol. The first-order valence-corrected chi connectivity index (χ1v) is 9.80. The minimum Gasteiger partial charge on any atom is -0.330 e. The van der Waals surface area contributed by atoms with Gasteiger partial charge in [0.15, 0.2) is 5.52 Å². The Hall–Kier alpha value is -3.37. The maximum absolute atomic E-state index is 13.5. The number of nitrogens with zero attached hydrogens (tertiary/aromatic N) is 3. The van der Waals surface area contributed by atoms with Crippen molar-refractivity contribution in [2.24, 2.45) is 7.05 Å². The molecule has 0 bridgehead atoms. The molecule has 142 valence electrons. The molecule has 0 unspecified atom stereocenters. The predicted octanol–water partition coefficient (Wildman–Crippen LogP) is 5.12. The molecule has 0 saturated heterocycles. The summed E-state index contributed by atoms with van der Waals surface area (Å²) >= 11 is 6.30. The molecule has 3 aromatic carbocycles. The standard InChI is InChI=1S/C24H18ClN3O/c1-27-21(14-16-8-4-2-5-9-16)26-22-23(27)19-13-12-17(25)15-20(19)28(24(22)29)18-10-6-3-7-11-18/h2-13,15H,14H2,1H3. The number of hydrogen-bond donors (Lipinski definition) is 0. The molecular formula is C24H18ClN3O. The van der Waals surface area contributed by atoms with E-state index in [1.54, 1.807) is 4.57 Å². The van der Waals surface area contributed by atoms with Gasteiger partial charge in [-0.25, -0.2) is 4.98 Å². The Labute approximate surface area is 172 Å². The molecule has 0 fully saturated rings. The quantitative estimate of drug-likeness (QED) is 0.422. The summed E-state index contributed by atoms with van der Waals surface area (Å²) in [5.41, 5.74) is 3.88. The monoisotopic (exact) mass is 399 g/mol. The molecule has 0 radical (unpaired) electrons. The molecule has 0 aliphatic rings. The van der Waals surface area contributed by atoms with Crippen molar-refractivity contribution in [2.45, 2.75) is 6.42 Å². The molecule has 5 aromatic rings. The largest absolute Gasteiger partial charge is 0.330 e. The second-order valence-corrected chi connectivity index (χ2v) is 7.52. The highest BCUT2D eigenvalue weighted by molar-refractivity contribution is 6.31. The van der Waals surface area contributed by atoms with Crippen LogP contribution in [-0.2, 0) is 13.5 Å². The number of pyridine rings is 1. The summed E-state index contributed by atoms with van der Waals surface area (Å²) in [6.07, 6.45) is 0.659. The van der Waals surface area contributed by atoms with Crippen molar-refractivity contribution < 1.29 is 0 Å². The molecule has 0 spiro atoms. The number of benzene rings is 3. The van der Waals surface area contributed by atoms with Crippen molar-refractivity contribution in [1.29, 1.82) is 0 Å². The fraction of sp³-hybridized carbons (Fsp3) is 0.0833. The van der Waals surface area contributed by atoms with E-state index in [9.17, 15) is 4.79 Å². The van der Waals surface area contributed by atoms with E-state index in [1.165, 1.54) is 0 Å². The molecule has 2 heterocycles. The van der Waals surface area contributed by atoms with Crippen LogP contribution >= 0.6 is 11.6 Å². The lowest BCUT2D eigenvalue weighted by Gasteiger charge is -2.12. The first-order chi connectivity index (χ1) is 14.1. The molecule has 5 heteroatoms. The second-order valence-electron chi connectivity index (χ2n) is 7.08. The lowest BCUT2D eigenvalue weighted by atomic mass is 10.1. The predicted molar refractivity (Wildman–Crippen MR) is 118 cm³/mol. The maximum atomic E-state index is 13.5. The van der Waals surface area contributed by atoms with E-state index in [2.05, 4.69) is 12.1 Å². The Morgan fingerprint density at radius 1 is 0.931 bits per heavy atom. The van der Waals surface area contributed by atoms with Crippen LogP contribution in [0.3, 0.4) is 0 Å². The third-order valence-electron chi connectivity index (χ3n) is 5.27. The van der Waals surface area contributed by atoms with Crippen molar-refractivity contribution in [2.75, 3.05) is 0 Å². The number of fused-ring (bicyclic) bond motifs is 3. The Bertz CT molecular complexity index is 1400. The van der Waals surface area contributed by atoms with Gasteiger partial charge in [-0.05, 0) is 35.9 Å². The van der Waals surface area contributed by atoms with Gasteiger partial charge in [0.25, 0.3) is 5.56 Å². The molecule has 0 N–H and O–H groups in total. The molecule has 5 rings (SSSR count). The molecule has 0 amide bonds. The van der Waals surface area contributed by atoms with E-state index in [1.807, 2.05) is 78.3 Å². The van der Waals surface area contributed by atoms with Crippen LogP contribution in [0.15, 0.2) is 83.7 Å². The molecule has 29 heavy (non-hydrogen) atoms. The first kappa shape index (κ1) is 17.7. The zero-order valence-corrected chi connectivity index (χ0v) is 16.6. The van der Waals surface area contributed by atoms with Crippen LogP contribution in [-0.4, -0.2) is 14.1 Å². The van der Waals surface area contributed by atoms with Crippen LogP contribution in [0.5, 0.6) is 0 Å². The van der Waals surface area contributed by atoms with Gasteiger partial charge in [0, 0.05) is 29.6 Å². The highest BCUT2D eigenvalue weighted by atomic mass is 35.5. The van der Waals surface area contributed by atoms with E-state index in [-0.39, 0.29) is 5.56 Å². The van der Waals surface area contributed by atoms with Crippen molar-refractivity contribution in [1.82, 2.24) is 14.1 Å². The van der Waals surface area contributed by atoms with Crippen molar-refractivity contribution >= 4 is 33.5 Å². The molecule has 2 aromatic heterocycles. The van der Waals surface area contributed by atoms with Gasteiger partial charge in [0.2, 0.25) is 0 Å². The van der Waals surface area contributed by atoms with Gasteiger partial charge in [-0.2, -0.15) is 0 Å². The van der Waals surface area contributed by atoms with Gasteiger partial charge in [-0.1, -0.05) is 60.1 Å². The van der Waals surface area contributed by atoms with Crippen LogP contribution < -0.4 is 5.56 Å². The number of rotatable bonds is 3. The summed E-state index contributed by atoms with van der Waals surface area (Å²) in [6, 6.07) is 25.4. The zero-order chi connectivity index (χ0) is 20.0. The van der Waals surface area contributed by atoms with Crippen molar-refractivity contribution in [3.63, 3.8) is 0 Å². The molecular weight excluding hydrogens is 382 g/mol. The lowest BCUT2D eigenvalue weighted by Crippen LogP contribution is -2.19. The van der Waals surface area contributed by atoms with E-state index in [4.69, 9.17) is 16.6 Å². The first-order valence-electron chi connectivity index (χ1n) is 9.42. The third-order valence-corrected chi connectivity index (χ3v) is 5.50. The highest BCUT2D eigenvalue weighted by Gasteiger charge is 2.19. The highest BCUT2D eigenvalue weighted by Crippen LogP contribution is 2.28. The zero-order valence-electron chi connectivity index (χ0n) is 15.8. The van der Waals surface area contributed by atoms with Crippen LogP contribution in [0, 0.1) is 0 Å². The average Bonchev–Trinajstić information content (AvgIpc) is 3.06. The van der Waals surface area contributed by atoms with Crippen molar-refractivity contribution in [3.05, 3.63) is 106 Å². The topological polar surface area (TPSA) is 39.8 Å². The van der Waals surface area contributed by atoms with E-state index in [0.717, 1.165) is 33.5 Å². The van der Waals surface area contributed by atoms with Crippen LogP contribution in [0.25, 0.3) is 27.6 Å². The fourth-order valence-corrected chi connectivity index (χ4v) is 4.04. The van der Waals surface area contributed by atoms with Crippen LogP contribution in [0.1, 0.15) is 11.4 Å². The van der Waals surface area contributed by atoms with E-state index < -0.39 is 0 Å². The Kier molecular flexibility index (Phi) is 4.22. The third kappa shape index (κ3) is 2.93. The lowest BCUT2D eigenvalue weighted by molar-refractivity contribution is 0.846. The molecule has 0 aliphatic carbocycles. The van der Waals surface area contributed by atoms with Gasteiger partial charge in [-0.15, -0.1) is 0 Å². The smallest absolute Gasteiger partial charge is 0.283 e. The summed E-state index contributed by atoms with van der Waals surface area (Å²) in [7, 11) is 1.97. The second kappa shape index (κ2) is 6.90. The summed E-state index contributed by atoms with van der Waals surface area (Å²) < 4.78 is 3.72. The molecule has 0 aliphatic heterocycles. The van der Waals surface area contributed by atoms with Crippen molar-refractivity contribution in [3.8, 4) is 5.69 Å². The Balaban J connectivity index is 1.86. The Morgan fingerprint density at radius 3 is 2.34 bits per heavy atom. The molecule has 0 saturated carbocycles. The normalized spacial score (nSPS) is 11.4. The number of hydrogen-bond acceptors (Lipinski definition) is 2. The van der Waals surface area contributed by atoms with Crippen LogP contribution in [0.2, 0.25) is 5.02 Å². The van der Waals surface area contributed by atoms with Gasteiger partial charge < -0.3 is 4.57 Å². The maximum Gasteiger partial charge on any atom is 0.283 e. The summed E-state index contributed by atoms with van der Waals surface area (Å²) in [4.78, 5) is 18.3. The number of aryl methyl sites for hydroxylation is 1. The van der Waals surface area contributed by atoms with Crippen LogP contribution in [0.4, 0.5) is 0 Å². The number of imidazole rings is 1. The number of para-hydroxylation sites is 1. The van der Waals surface area contributed by atoms with Gasteiger partial charge in [-0.3, -0.25) is 9.36 Å². The van der Waals surface area contributed by atoms with Gasteiger partial charge >= 0.3 is 0 Å². The molecule has 0 atom stereocenters. The van der Waals surface area contributed by atoms with Gasteiger partial charge in [0.05, 0.1) is 11.0 Å². The number of aromatic nitrogens is 3. The van der Waals surface area contributed by atoms with E-state index in [0.29, 0.717) is 17.0 Å². The summed E-state index contributed by atoms with van der Waals surface area (Å²) in [6.45, 7) is 0. The minimum absolute atomic E-state index is 0.143. The number of halogens is 1. The Morgan fingerprint density at radius 2 is 1.62 bits per heavy atom. The molecule has 4 nitrogen and oxygen atoms in total. The van der Waals surface area contributed by atoms with Gasteiger partial charge in [0.1, 0.15) is 5.82 Å².